The number of nitrogens with two attached hydrogens (primary N) is 2. The Hall–Kier alpha value is -2.15. The minimum atomic E-state index is -0.725. The van der Waals surface area contributed by atoms with Crippen molar-refractivity contribution in [1.29, 1.82) is 0 Å². The normalized spacial score (nSPS) is 10.8. The Morgan fingerprint density at radius 2 is 2.11 bits per heavy atom. The predicted octanol–water partition coefficient (Wildman–Crippen LogP) is -0.249. The van der Waals surface area contributed by atoms with Crippen LogP contribution in [0.3, 0.4) is 0 Å². The van der Waals surface area contributed by atoms with Crippen molar-refractivity contribution in [3.63, 3.8) is 0 Å². The van der Waals surface area contributed by atoms with Crippen molar-refractivity contribution in [2.45, 2.75) is 25.8 Å². The predicted molar refractivity (Wildman–Crippen MR) is 67.4 cm³/mol. The molecule has 0 unspecified atom stereocenters. The summed E-state index contributed by atoms with van der Waals surface area (Å²) in [5.74, 6) is 4.37. The molecular formula is C11H17N5O2. The van der Waals surface area contributed by atoms with E-state index in [0.29, 0.717) is 5.69 Å². The summed E-state index contributed by atoms with van der Waals surface area (Å²) in [6, 6.07) is 3.14. The number of nitrogen functional groups attached to an aromatic ring is 1. The van der Waals surface area contributed by atoms with Crippen LogP contribution in [0.2, 0.25) is 0 Å². The van der Waals surface area contributed by atoms with Crippen LogP contribution in [-0.2, 0) is 4.79 Å². The molecule has 0 saturated heterocycles. The summed E-state index contributed by atoms with van der Waals surface area (Å²) in [4.78, 5) is 26.7. The van der Waals surface area contributed by atoms with Gasteiger partial charge in [-0.25, -0.2) is 0 Å². The smallest absolute Gasteiger partial charge is 0.270 e. The molecule has 2 amide bonds. The Bertz CT molecular complexity index is 459. The summed E-state index contributed by atoms with van der Waals surface area (Å²) in [7, 11) is 0. The summed E-state index contributed by atoms with van der Waals surface area (Å²) >= 11 is 0. The van der Waals surface area contributed by atoms with Gasteiger partial charge in [0.15, 0.2) is 0 Å². The third-order valence-electron chi connectivity index (χ3n) is 2.23. The van der Waals surface area contributed by atoms with E-state index in [4.69, 9.17) is 11.6 Å². The lowest BCUT2D eigenvalue weighted by atomic mass is 10.00. The molecule has 0 bridgehead atoms. The fourth-order valence-electron chi connectivity index (χ4n) is 1.50. The Balaban J connectivity index is 2.78. The second kappa shape index (κ2) is 5.46. The standard InChI is InChI=1S/C11H17N5O2/c1-11(2,6-9(12)17)15-10(18)8-5-7(16-13)3-4-14-8/h3-5H,6,13H2,1-2H3,(H2,12,17)(H,14,16)(H,15,18). The first-order valence-corrected chi connectivity index (χ1v) is 5.37. The van der Waals surface area contributed by atoms with E-state index < -0.39 is 17.4 Å². The molecule has 6 N–H and O–H groups in total. The van der Waals surface area contributed by atoms with Crippen LogP contribution in [0.4, 0.5) is 5.69 Å². The Morgan fingerprint density at radius 1 is 1.44 bits per heavy atom. The van der Waals surface area contributed by atoms with E-state index in [2.05, 4.69) is 15.7 Å². The van der Waals surface area contributed by atoms with E-state index in [9.17, 15) is 9.59 Å². The van der Waals surface area contributed by atoms with Crippen LogP contribution in [0.5, 0.6) is 0 Å². The second-order valence-corrected chi connectivity index (χ2v) is 4.56. The van der Waals surface area contributed by atoms with Gasteiger partial charge in [-0.3, -0.25) is 20.4 Å². The van der Waals surface area contributed by atoms with Crippen LogP contribution in [0.15, 0.2) is 18.3 Å². The van der Waals surface area contributed by atoms with Gasteiger partial charge in [0, 0.05) is 18.2 Å². The fraction of sp³-hybridized carbons (Fsp3) is 0.364. The molecule has 0 radical (unpaired) electrons. The van der Waals surface area contributed by atoms with Gasteiger partial charge in [0.1, 0.15) is 5.69 Å². The molecule has 0 aromatic carbocycles. The van der Waals surface area contributed by atoms with Crippen LogP contribution in [-0.4, -0.2) is 22.3 Å². The highest BCUT2D eigenvalue weighted by atomic mass is 16.2. The number of rotatable bonds is 5. The van der Waals surface area contributed by atoms with Crippen LogP contribution in [0, 0.1) is 0 Å². The van der Waals surface area contributed by atoms with Crippen molar-refractivity contribution in [1.82, 2.24) is 10.3 Å². The van der Waals surface area contributed by atoms with Crippen LogP contribution >= 0.6 is 0 Å². The second-order valence-electron chi connectivity index (χ2n) is 4.56. The molecule has 0 fully saturated rings. The summed E-state index contributed by atoms with van der Waals surface area (Å²) < 4.78 is 0. The summed E-state index contributed by atoms with van der Waals surface area (Å²) in [6.07, 6.45) is 1.51. The van der Waals surface area contributed by atoms with Crippen molar-refractivity contribution < 1.29 is 9.59 Å². The van der Waals surface area contributed by atoms with Crippen molar-refractivity contribution in [3.8, 4) is 0 Å². The molecule has 1 aromatic rings. The van der Waals surface area contributed by atoms with Crippen LogP contribution in [0.1, 0.15) is 30.8 Å². The summed E-state index contributed by atoms with van der Waals surface area (Å²) in [6.45, 7) is 3.42. The molecular weight excluding hydrogens is 234 g/mol. The maximum absolute atomic E-state index is 11.9. The minimum Gasteiger partial charge on any atom is -0.370 e. The first-order chi connectivity index (χ1) is 8.34. The number of carbonyl (C=O) groups excluding carboxylic acids is 2. The SMILES string of the molecule is CC(C)(CC(N)=O)NC(=O)c1cc(NN)ccn1. The van der Waals surface area contributed by atoms with Crippen LogP contribution < -0.4 is 22.3 Å². The number of carbonyl (C=O) groups is 2. The molecule has 0 saturated carbocycles. The molecule has 98 valence electrons. The van der Waals surface area contributed by atoms with E-state index in [0.717, 1.165) is 0 Å². The van der Waals surface area contributed by atoms with E-state index >= 15 is 0 Å². The average molecular weight is 251 g/mol. The Labute approximate surface area is 105 Å². The van der Waals surface area contributed by atoms with Crippen molar-refractivity contribution >= 4 is 17.5 Å². The molecule has 0 aliphatic carbocycles. The first kappa shape index (κ1) is 13.9. The number of nitrogens with zero attached hydrogens (tertiary/aromatic N) is 1. The summed E-state index contributed by atoms with van der Waals surface area (Å²) in [5.41, 5.74) is 7.59. The molecule has 0 aliphatic heterocycles. The molecule has 7 heteroatoms. The lowest BCUT2D eigenvalue weighted by Gasteiger charge is -2.24. The largest absolute Gasteiger partial charge is 0.370 e. The monoisotopic (exact) mass is 251 g/mol. The number of nitrogens with one attached hydrogen (secondary N) is 2. The Morgan fingerprint density at radius 3 is 2.67 bits per heavy atom. The average Bonchev–Trinajstić information content (AvgIpc) is 2.26. The molecule has 1 rings (SSSR count). The number of hydrogen-bond acceptors (Lipinski definition) is 5. The molecule has 7 nitrogen and oxygen atoms in total. The fourth-order valence-corrected chi connectivity index (χ4v) is 1.50. The third kappa shape index (κ3) is 4.02. The molecule has 0 aliphatic rings. The number of amides is 2. The van der Waals surface area contributed by atoms with Crippen molar-refractivity contribution in [3.05, 3.63) is 24.0 Å². The lowest BCUT2D eigenvalue weighted by molar-refractivity contribution is -0.119. The highest BCUT2D eigenvalue weighted by Gasteiger charge is 2.24. The van der Waals surface area contributed by atoms with Gasteiger partial charge in [-0.2, -0.15) is 0 Å². The van der Waals surface area contributed by atoms with Gasteiger partial charge in [-0.15, -0.1) is 0 Å². The van der Waals surface area contributed by atoms with Gasteiger partial charge < -0.3 is 16.5 Å². The number of pyridine rings is 1. The lowest BCUT2D eigenvalue weighted by Crippen LogP contribution is -2.46. The Kier molecular flexibility index (Phi) is 4.22. The zero-order chi connectivity index (χ0) is 13.8. The van der Waals surface area contributed by atoms with Gasteiger partial charge in [0.05, 0.1) is 5.69 Å². The first-order valence-electron chi connectivity index (χ1n) is 5.37. The van der Waals surface area contributed by atoms with Crippen molar-refractivity contribution in [2.75, 3.05) is 5.43 Å². The van der Waals surface area contributed by atoms with Gasteiger partial charge in [0.25, 0.3) is 5.91 Å². The maximum Gasteiger partial charge on any atom is 0.270 e. The maximum atomic E-state index is 11.9. The highest BCUT2D eigenvalue weighted by Crippen LogP contribution is 2.11. The highest BCUT2D eigenvalue weighted by molar-refractivity contribution is 5.94. The molecule has 0 atom stereocenters. The van der Waals surface area contributed by atoms with Crippen LogP contribution in [0.25, 0.3) is 0 Å². The quantitative estimate of drug-likeness (QED) is 0.424. The van der Waals surface area contributed by atoms with Gasteiger partial charge >= 0.3 is 0 Å². The molecule has 0 spiro atoms. The van der Waals surface area contributed by atoms with E-state index in [1.807, 2.05) is 0 Å². The molecule has 1 aromatic heterocycles. The minimum absolute atomic E-state index is 0.0492. The van der Waals surface area contributed by atoms with E-state index in [-0.39, 0.29) is 12.1 Å². The third-order valence-corrected chi connectivity index (χ3v) is 2.23. The number of anilines is 1. The molecule has 18 heavy (non-hydrogen) atoms. The van der Waals surface area contributed by atoms with Gasteiger partial charge in [0.2, 0.25) is 5.91 Å². The number of primary amides is 1. The van der Waals surface area contributed by atoms with Gasteiger partial charge in [-0.05, 0) is 26.0 Å². The topological polar surface area (TPSA) is 123 Å². The van der Waals surface area contributed by atoms with Gasteiger partial charge in [-0.1, -0.05) is 0 Å². The number of hydrogen-bond donors (Lipinski definition) is 4. The summed E-state index contributed by atoms with van der Waals surface area (Å²) in [5, 5.41) is 2.68. The number of aromatic nitrogens is 1. The number of hydrazine groups is 1. The van der Waals surface area contributed by atoms with E-state index in [1.54, 1.807) is 19.9 Å². The van der Waals surface area contributed by atoms with E-state index in [1.165, 1.54) is 12.3 Å². The zero-order valence-corrected chi connectivity index (χ0v) is 10.4. The zero-order valence-electron chi connectivity index (χ0n) is 10.4. The molecule has 1 heterocycles. The van der Waals surface area contributed by atoms with Crippen molar-refractivity contribution in [2.24, 2.45) is 11.6 Å².